The molecule has 1 aromatic rings. The van der Waals surface area contributed by atoms with Gasteiger partial charge < -0.3 is 14.8 Å². The molecule has 1 fully saturated rings. The number of nitrogens with one attached hydrogen (secondary N) is 1. The summed E-state index contributed by atoms with van der Waals surface area (Å²) in [4.78, 5) is 14.7. The van der Waals surface area contributed by atoms with Crippen molar-refractivity contribution in [3.05, 3.63) is 23.0 Å². The van der Waals surface area contributed by atoms with Gasteiger partial charge in [0.15, 0.2) is 0 Å². The molecule has 1 unspecified atom stereocenters. The van der Waals surface area contributed by atoms with E-state index in [1.807, 2.05) is 22.6 Å². The van der Waals surface area contributed by atoms with Gasteiger partial charge in [-0.1, -0.05) is 18.5 Å². The second kappa shape index (κ2) is 7.14. The minimum Gasteiger partial charge on any atom is -0.342 e. The van der Waals surface area contributed by atoms with E-state index in [9.17, 15) is 4.79 Å². The molecular weight excluding hydrogens is 274 g/mol. The van der Waals surface area contributed by atoms with Crippen LogP contribution in [0.4, 0.5) is 0 Å². The molecule has 1 aliphatic heterocycles. The van der Waals surface area contributed by atoms with Gasteiger partial charge >= 0.3 is 0 Å². The predicted molar refractivity (Wildman–Crippen MR) is 82.3 cm³/mol. The minimum absolute atomic E-state index is 0.0919. The molecular formula is C15H24ClN3O. The molecule has 4 nitrogen and oxygen atoms in total. The highest BCUT2D eigenvalue weighted by Crippen LogP contribution is 2.17. The second-order valence-electron chi connectivity index (χ2n) is 5.37. The molecule has 1 saturated heterocycles. The number of aromatic nitrogens is 1. The summed E-state index contributed by atoms with van der Waals surface area (Å²) in [5, 5.41) is 4.09. The van der Waals surface area contributed by atoms with E-state index in [-0.39, 0.29) is 5.91 Å². The van der Waals surface area contributed by atoms with E-state index < -0.39 is 0 Å². The summed E-state index contributed by atoms with van der Waals surface area (Å²) in [5.74, 6) is 0.0919. The lowest BCUT2D eigenvalue weighted by atomic mass is 10.2. The first-order chi connectivity index (χ1) is 9.65. The maximum absolute atomic E-state index is 12.7. The monoisotopic (exact) mass is 297 g/mol. The van der Waals surface area contributed by atoms with Crippen molar-refractivity contribution >= 4 is 17.5 Å². The first kappa shape index (κ1) is 15.4. The van der Waals surface area contributed by atoms with Crippen LogP contribution in [0.15, 0.2) is 12.3 Å². The fraction of sp³-hybridized carbons (Fsp3) is 0.667. The summed E-state index contributed by atoms with van der Waals surface area (Å²) < 4.78 is 1.93. The number of rotatable bonds is 6. The van der Waals surface area contributed by atoms with Crippen LogP contribution < -0.4 is 5.32 Å². The van der Waals surface area contributed by atoms with Gasteiger partial charge in [0.2, 0.25) is 0 Å². The molecule has 0 spiro atoms. The standard InChI is InChI=1S/C15H24ClN3O/c1-3-8-19(11-13-6-5-7-17-13)15(20)14-9-12(16)10-18(14)4-2/h9-10,13,17H,3-8,11H2,1-2H3. The number of nitrogens with zero attached hydrogens (tertiary/aromatic N) is 2. The van der Waals surface area contributed by atoms with Gasteiger partial charge in [-0.2, -0.15) is 0 Å². The van der Waals surface area contributed by atoms with Crippen molar-refractivity contribution in [1.29, 1.82) is 0 Å². The lowest BCUT2D eigenvalue weighted by Crippen LogP contribution is -2.42. The van der Waals surface area contributed by atoms with Gasteiger partial charge in [0, 0.05) is 31.9 Å². The van der Waals surface area contributed by atoms with Crippen LogP contribution >= 0.6 is 11.6 Å². The van der Waals surface area contributed by atoms with Crippen LogP contribution in [-0.2, 0) is 6.54 Å². The van der Waals surface area contributed by atoms with Crippen LogP contribution in [0.5, 0.6) is 0 Å². The third kappa shape index (κ3) is 3.55. The number of carbonyl (C=O) groups is 1. The molecule has 1 aliphatic rings. The molecule has 112 valence electrons. The zero-order valence-electron chi connectivity index (χ0n) is 12.4. The van der Waals surface area contributed by atoms with E-state index in [0.717, 1.165) is 39.0 Å². The normalized spacial score (nSPS) is 18.4. The van der Waals surface area contributed by atoms with E-state index in [1.165, 1.54) is 6.42 Å². The van der Waals surface area contributed by atoms with Gasteiger partial charge in [-0.3, -0.25) is 4.79 Å². The Bertz CT molecular complexity index is 452. The Morgan fingerprint density at radius 1 is 1.55 bits per heavy atom. The Hall–Kier alpha value is -1.00. The Morgan fingerprint density at radius 2 is 2.35 bits per heavy atom. The number of halogens is 1. The number of hydrogen-bond donors (Lipinski definition) is 1. The fourth-order valence-corrected chi connectivity index (χ4v) is 3.02. The zero-order valence-corrected chi connectivity index (χ0v) is 13.1. The molecule has 2 heterocycles. The molecule has 1 aromatic heterocycles. The molecule has 0 bridgehead atoms. The SMILES string of the molecule is CCCN(CC1CCCN1)C(=O)c1cc(Cl)cn1CC. The molecule has 0 aliphatic carbocycles. The first-order valence-corrected chi connectivity index (χ1v) is 7.91. The topological polar surface area (TPSA) is 37.3 Å². The molecule has 1 amide bonds. The third-order valence-corrected chi connectivity index (χ3v) is 4.01. The van der Waals surface area contributed by atoms with Gasteiger partial charge in [0.1, 0.15) is 5.69 Å². The number of aryl methyl sites for hydroxylation is 1. The molecule has 0 saturated carbocycles. The molecule has 0 aromatic carbocycles. The number of amides is 1. The fourth-order valence-electron chi connectivity index (χ4n) is 2.80. The Kier molecular flexibility index (Phi) is 5.49. The molecule has 20 heavy (non-hydrogen) atoms. The van der Waals surface area contributed by atoms with Crippen LogP contribution in [-0.4, -0.2) is 41.1 Å². The van der Waals surface area contributed by atoms with Crippen molar-refractivity contribution < 1.29 is 4.79 Å². The minimum atomic E-state index is 0.0919. The van der Waals surface area contributed by atoms with E-state index in [1.54, 1.807) is 6.07 Å². The molecule has 2 rings (SSSR count). The highest BCUT2D eigenvalue weighted by Gasteiger charge is 2.23. The van der Waals surface area contributed by atoms with Crippen molar-refractivity contribution in [2.75, 3.05) is 19.6 Å². The van der Waals surface area contributed by atoms with Gasteiger partial charge in [0.25, 0.3) is 5.91 Å². The average Bonchev–Trinajstić information content (AvgIpc) is 3.06. The zero-order chi connectivity index (χ0) is 14.5. The van der Waals surface area contributed by atoms with Crippen LogP contribution in [0.1, 0.15) is 43.6 Å². The summed E-state index contributed by atoms with van der Waals surface area (Å²) in [7, 11) is 0. The Balaban J connectivity index is 2.12. The molecule has 5 heteroatoms. The van der Waals surface area contributed by atoms with Gasteiger partial charge in [-0.05, 0) is 38.8 Å². The molecule has 0 radical (unpaired) electrons. The van der Waals surface area contributed by atoms with E-state index in [4.69, 9.17) is 11.6 Å². The molecule has 1 N–H and O–H groups in total. The van der Waals surface area contributed by atoms with E-state index in [2.05, 4.69) is 12.2 Å². The summed E-state index contributed by atoms with van der Waals surface area (Å²) >= 11 is 6.04. The van der Waals surface area contributed by atoms with Gasteiger partial charge in [-0.25, -0.2) is 0 Å². The lowest BCUT2D eigenvalue weighted by molar-refractivity contribution is 0.0731. The van der Waals surface area contributed by atoms with Crippen LogP contribution in [0.3, 0.4) is 0 Å². The van der Waals surface area contributed by atoms with Crippen molar-refractivity contribution in [1.82, 2.24) is 14.8 Å². The van der Waals surface area contributed by atoms with Crippen molar-refractivity contribution in [3.63, 3.8) is 0 Å². The summed E-state index contributed by atoms with van der Waals surface area (Å²) in [6.07, 6.45) is 5.16. The third-order valence-electron chi connectivity index (χ3n) is 3.81. The highest BCUT2D eigenvalue weighted by atomic mass is 35.5. The first-order valence-electron chi connectivity index (χ1n) is 7.54. The van der Waals surface area contributed by atoms with E-state index in [0.29, 0.717) is 16.8 Å². The predicted octanol–water partition coefficient (Wildman–Crippen LogP) is 2.77. The van der Waals surface area contributed by atoms with E-state index >= 15 is 0 Å². The van der Waals surface area contributed by atoms with Crippen LogP contribution in [0.25, 0.3) is 0 Å². The van der Waals surface area contributed by atoms with Crippen molar-refractivity contribution in [2.45, 2.75) is 45.7 Å². The highest BCUT2D eigenvalue weighted by molar-refractivity contribution is 6.31. The summed E-state index contributed by atoms with van der Waals surface area (Å²) in [6.45, 7) is 7.54. The summed E-state index contributed by atoms with van der Waals surface area (Å²) in [5.41, 5.74) is 0.698. The van der Waals surface area contributed by atoms with Crippen molar-refractivity contribution in [3.8, 4) is 0 Å². The van der Waals surface area contributed by atoms with Gasteiger partial charge in [-0.15, -0.1) is 0 Å². The summed E-state index contributed by atoms with van der Waals surface area (Å²) in [6, 6.07) is 2.21. The number of carbonyl (C=O) groups excluding carboxylic acids is 1. The smallest absolute Gasteiger partial charge is 0.270 e. The molecule has 1 atom stereocenters. The quantitative estimate of drug-likeness (QED) is 0.877. The lowest BCUT2D eigenvalue weighted by Gasteiger charge is -2.26. The largest absolute Gasteiger partial charge is 0.342 e. The maximum atomic E-state index is 12.7. The second-order valence-corrected chi connectivity index (χ2v) is 5.81. The Morgan fingerprint density at radius 3 is 2.95 bits per heavy atom. The average molecular weight is 298 g/mol. The van der Waals surface area contributed by atoms with Crippen LogP contribution in [0.2, 0.25) is 5.02 Å². The number of hydrogen-bond acceptors (Lipinski definition) is 2. The maximum Gasteiger partial charge on any atom is 0.270 e. The van der Waals surface area contributed by atoms with Gasteiger partial charge in [0.05, 0.1) is 5.02 Å². The van der Waals surface area contributed by atoms with Crippen LogP contribution in [0, 0.1) is 0 Å². The van der Waals surface area contributed by atoms with Crippen molar-refractivity contribution in [2.24, 2.45) is 0 Å². The Labute approximate surface area is 126 Å².